The highest BCUT2D eigenvalue weighted by molar-refractivity contribution is 6.58. The maximum absolute atomic E-state index is 10.8. The number of hydrogen-bond donors (Lipinski definition) is 3. The van der Waals surface area contributed by atoms with E-state index >= 15 is 0 Å². The lowest BCUT2D eigenvalue weighted by Gasteiger charge is -2.04. The third-order valence-electron chi connectivity index (χ3n) is 1.49. The number of rotatable bonds is 2. The number of aromatic nitrogens is 1. The first-order valence-corrected chi connectivity index (χ1v) is 3.79. The molecule has 0 aliphatic heterocycles. The molecule has 1 heterocycles. The molecule has 0 fully saturated rings. The van der Waals surface area contributed by atoms with Gasteiger partial charge in [0, 0.05) is 11.7 Å². The van der Waals surface area contributed by atoms with E-state index in [9.17, 15) is 4.79 Å². The lowest BCUT2D eigenvalue weighted by molar-refractivity contribution is 0.187. The summed E-state index contributed by atoms with van der Waals surface area (Å²) in [7, 11) is -0.380. The second kappa shape index (κ2) is 4.59. The Bertz CT molecular complexity index is 331. The predicted octanol–water partition coefficient (Wildman–Crippen LogP) is -1.06. The van der Waals surface area contributed by atoms with Crippen molar-refractivity contribution in [2.75, 3.05) is 12.4 Å². The predicted molar refractivity (Wildman–Crippen MR) is 50.1 cm³/mol. The van der Waals surface area contributed by atoms with Crippen molar-refractivity contribution in [2.45, 2.75) is 0 Å². The van der Waals surface area contributed by atoms with E-state index in [0.29, 0.717) is 5.69 Å². The van der Waals surface area contributed by atoms with E-state index in [-0.39, 0.29) is 5.46 Å². The van der Waals surface area contributed by atoms with Gasteiger partial charge in [-0.15, -0.1) is 0 Å². The monoisotopic (exact) mass is 196 g/mol. The minimum atomic E-state index is -1.61. The average molecular weight is 196 g/mol. The molecule has 6 nitrogen and oxygen atoms in total. The lowest BCUT2D eigenvalue weighted by atomic mass is 9.81. The van der Waals surface area contributed by atoms with Crippen molar-refractivity contribution in [1.29, 1.82) is 0 Å². The van der Waals surface area contributed by atoms with Gasteiger partial charge in [0.1, 0.15) is 0 Å². The molecule has 74 valence electrons. The van der Waals surface area contributed by atoms with E-state index in [1.165, 1.54) is 25.6 Å². The summed E-state index contributed by atoms with van der Waals surface area (Å²) >= 11 is 0. The largest absolute Gasteiger partial charge is 0.490 e. The first kappa shape index (κ1) is 10.5. The molecule has 1 aromatic rings. The SMILES string of the molecule is COC(=O)Nc1cncc(B(O)O)c1. The Balaban J connectivity index is 2.78. The summed E-state index contributed by atoms with van der Waals surface area (Å²) in [5.41, 5.74) is 0.529. The van der Waals surface area contributed by atoms with Crippen LogP contribution in [-0.2, 0) is 4.74 Å². The number of methoxy groups -OCH3 is 1. The van der Waals surface area contributed by atoms with Crippen LogP contribution in [0.3, 0.4) is 0 Å². The smallest absolute Gasteiger partial charge is 0.453 e. The highest BCUT2D eigenvalue weighted by Crippen LogP contribution is 2.01. The maximum atomic E-state index is 10.8. The normalized spacial score (nSPS) is 9.36. The molecule has 0 saturated heterocycles. The van der Waals surface area contributed by atoms with Gasteiger partial charge in [-0.3, -0.25) is 10.3 Å². The summed E-state index contributed by atoms with van der Waals surface area (Å²) in [5, 5.41) is 20.0. The van der Waals surface area contributed by atoms with Crippen LogP contribution in [0.25, 0.3) is 0 Å². The Morgan fingerprint density at radius 3 is 2.86 bits per heavy atom. The van der Waals surface area contributed by atoms with E-state index in [0.717, 1.165) is 0 Å². The molecule has 0 saturated carbocycles. The summed E-state index contributed by atoms with van der Waals surface area (Å²) in [6.07, 6.45) is 2.01. The number of amides is 1. The zero-order chi connectivity index (χ0) is 10.6. The third-order valence-corrected chi connectivity index (χ3v) is 1.49. The zero-order valence-electron chi connectivity index (χ0n) is 7.47. The van der Waals surface area contributed by atoms with E-state index in [2.05, 4.69) is 15.0 Å². The fourth-order valence-corrected chi connectivity index (χ4v) is 0.836. The van der Waals surface area contributed by atoms with Crippen LogP contribution in [-0.4, -0.2) is 35.4 Å². The highest BCUT2D eigenvalue weighted by atomic mass is 16.5. The molecule has 0 unspecified atom stereocenters. The van der Waals surface area contributed by atoms with Gasteiger partial charge in [0.05, 0.1) is 19.0 Å². The van der Waals surface area contributed by atoms with Gasteiger partial charge in [-0.25, -0.2) is 4.79 Å². The van der Waals surface area contributed by atoms with Gasteiger partial charge in [-0.1, -0.05) is 0 Å². The Hall–Kier alpha value is -1.60. The zero-order valence-corrected chi connectivity index (χ0v) is 7.47. The minimum Gasteiger partial charge on any atom is -0.453 e. The Morgan fingerprint density at radius 1 is 1.57 bits per heavy atom. The fraction of sp³-hybridized carbons (Fsp3) is 0.143. The minimum absolute atomic E-state index is 0.193. The molecule has 0 spiro atoms. The Morgan fingerprint density at radius 2 is 2.29 bits per heavy atom. The molecule has 0 aromatic carbocycles. The van der Waals surface area contributed by atoms with Crippen molar-refractivity contribution in [3.8, 4) is 0 Å². The molecule has 1 amide bonds. The van der Waals surface area contributed by atoms with Crippen LogP contribution in [0.4, 0.5) is 10.5 Å². The number of pyridine rings is 1. The van der Waals surface area contributed by atoms with Gasteiger partial charge in [0.15, 0.2) is 0 Å². The first-order chi connectivity index (χ1) is 6.63. The number of carbonyl (C=O) groups is 1. The van der Waals surface area contributed by atoms with Gasteiger partial charge >= 0.3 is 13.2 Å². The van der Waals surface area contributed by atoms with Crippen LogP contribution in [0.15, 0.2) is 18.5 Å². The van der Waals surface area contributed by atoms with Crippen molar-refractivity contribution >= 4 is 24.4 Å². The van der Waals surface area contributed by atoms with Crippen molar-refractivity contribution < 1.29 is 19.6 Å². The second-order valence-corrected chi connectivity index (χ2v) is 2.50. The molecule has 7 heteroatoms. The molecule has 3 N–H and O–H groups in total. The molecule has 0 aliphatic carbocycles. The van der Waals surface area contributed by atoms with E-state index in [1.54, 1.807) is 0 Å². The van der Waals surface area contributed by atoms with Crippen LogP contribution in [0.1, 0.15) is 0 Å². The van der Waals surface area contributed by atoms with Gasteiger partial charge in [0.2, 0.25) is 0 Å². The first-order valence-electron chi connectivity index (χ1n) is 3.79. The maximum Gasteiger partial charge on any atom is 0.490 e. The number of nitrogens with zero attached hydrogens (tertiary/aromatic N) is 1. The molecule has 0 bridgehead atoms. The molecule has 1 aromatic heterocycles. The molecule has 0 aliphatic rings. The molecular formula is C7H9BN2O4. The summed E-state index contributed by atoms with van der Waals surface area (Å²) in [6, 6.07) is 1.38. The van der Waals surface area contributed by atoms with E-state index in [1.807, 2.05) is 0 Å². The van der Waals surface area contributed by atoms with Crippen molar-refractivity contribution in [3.05, 3.63) is 18.5 Å². The molecular weight excluding hydrogens is 187 g/mol. The summed E-state index contributed by atoms with van der Waals surface area (Å²) in [4.78, 5) is 14.5. The number of hydrogen-bond acceptors (Lipinski definition) is 5. The lowest BCUT2D eigenvalue weighted by Crippen LogP contribution is -2.30. The van der Waals surface area contributed by atoms with Crippen molar-refractivity contribution in [1.82, 2.24) is 4.98 Å². The highest BCUT2D eigenvalue weighted by Gasteiger charge is 2.12. The fourth-order valence-electron chi connectivity index (χ4n) is 0.836. The summed E-state index contributed by atoms with van der Waals surface area (Å²) in [6.45, 7) is 0. The number of carbonyl (C=O) groups excluding carboxylic acids is 1. The number of anilines is 1. The standard InChI is InChI=1S/C7H9BN2O4/c1-14-7(11)10-6-2-5(8(12)13)3-9-4-6/h2-4,12-13H,1H3,(H,10,11). The van der Waals surface area contributed by atoms with Crippen LogP contribution in [0, 0.1) is 0 Å². The molecule has 0 atom stereocenters. The summed E-state index contributed by atoms with van der Waals surface area (Å²) in [5.74, 6) is 0. The molecule has 0 radical (unpaired) electrons. The summed E-state index contributed by atoms with van der Waals surface area (Å²) < 4.78 is 4.35. The van der Waals surface area contributed by atoms with Crippen LogP contribution in [0.2, 0.25) is 0 Å². The number of nitrogens with one attached hydrogen (secondary N) is 1. The van der Waals surface area contributed by atoms with Crippen LogP contribution in [0.5, 0.6) is 0 Å². The van der Waals surface area contributed by atoms with Gasteiger partial charge < -0.3 is 14.8 Å². The van der Waals surface area contributed by atoms with Crippen LogP contribution >= 0.6 is 0 Å². The Kier molecular flexibility index (Phi) is 3.44. The van der Waals surface area contributed by atoms with E-state index < -0.39 is 13.2 Å². The van der Waals surface area contributed by atoms with Gasteiger partial charge in [0.25, 0.3) is 0 Å². The number of ether oxygens (including phenoxy) is 1. The van der Waals surface area contributed by atoms with Crippen molar-refractivity contribution in [2.24, 2.45) is 0 Å². The molecule has 1 rings (SSSR count). The average Bonchev–Trinajstić information content (AvgIpc) is 2.18. The second-order valence-electron chi connectivity index (χ2n) is 2.50. The van der Waals surface area contributed by atoms with E-state index in [4.69, 9.17) is 10.0 Å². The Labute approximate surface area is 80.7 Å². The quantitative estimate of drug-likeness (QED) is 0.524. The van der Waals surface area contributed by atoms with Crippen LogP contribution < -0.4 is 10.8 Å². The van der Waals surface area contributed by atoms with Crippen molar-refractivity contribution in [3.63, 3.8) is 0 Å². The third kappa shape index (κ3) is 2.72. The van der Waals surface area contributed by atoms with Gasteiger partial charge in [-0.05, 0) is 6.07 Å². The topological polar surface area (TPSA) is 91.7 Å². The van der Waals surface area contributed by atoms with Gasteiger partial charge in [-0.2, -0.15) is 0 Å². The molecule has 14 heavy (non-hydrogen) atoms.